The van der Waals surface area contributed by atoms with E-state index in [0.717, 1.165) is 0 Å². The topological polar surface area (TPSA) is 69.4 Å². The lowest BCUT2D eigenvalue weighted by atomic mass is 10.2. The van der Waals surface area contributed by atoms with Gasteiger partial charge in [0.05, 0.1) is 15.6 Å². The summed E-state index contributed by atoms with van der Waals surface area (Å²) in [5.41, 5.74) is 5.05. The Labute approximate surface area is 102 Å². The summed E-state index contributed by atoms with van der Waals surface area (Å²) in [6.45, 7) is 1.37. The van der Waals surface area contributed by atoms with Gasteiger partial charge in [0.25, 0.3) is 5.91 Å². The van der Waals surface area contributed by atoms with Crippen LogP contribution in [0.25, 0.3) is 0 Å². The third-order valence-corrected chi connectivity index (χ3v) is 2.67. The molecule has 0 aromatic heterocycles. The van der Waals surface area contributed by atoms with Gasteiger partial charge < -0.3 is 10.5 Å². The Kier molecular flexibility index (Phi) is 4.15. The second-order valence-electron chi connectivity index (χ2n) is 3.05. The average molecular weight is 262 g/mol. The van der Waals surface area contributed by atoms with Gasteiger partial charge in [0.1, 0.15) is 0 Å². The van der Waals surface area contributed by atoms with E-state index in [0.29, 0.717) is 0 Å². The molecule has 0 saturated carbocycles. The van der Waals surface area contributed by atoms with E-state index in [2.05, 4.69) is 0 Å². The molecule has 16 heavy (non-hydrogen) atoms. The molecule has 1 aromatic carbocycles. The van der Waals surface area contributed by atoms with Crippen molar-refractivity contribution in [1.82, 2.24) is 0 Å². The van der Waals surface area contributed by atoms with E-state index >= 15 is 0 Å². The smallest absolute Gasteiger partial charge is 0.340 e. The summed E-state index contributed by atoms with van der Waals surface area (Å²) >= 11 is 11.5. The number of rotatable bonds is 3. The van der Waals surface area contributed by atoms with Gasteiger partial charge in [-0.1, -0.05) is 29.3 Å². The van der Waals surface area contributed by atoms with Gasteiger partial charge in [-0.3, -0.25) is 4.79 Å². The lowest BCUT2D eigenvalue weighted by Gasteiger charge is -2.10. The molecule has 1 atom stereocenters. The fourth-order valence-corrected chi connectivity index (χ4v) is 1.32. The predicted molar refractivity (Wildman–Crippen MR) is 60.5 cm³/mol. The molecule has 6 heteroatoms. The molecule has 0 aliphatic heterocycles. The first-order valence-corrected chi connectivity index (χ1v) is 5.13. The average Bonchev–Trinajstić information content (AvgIpc) is 2.21. The van der Waals surface area contributed by atoms with Crippen LogP contribution in [0, 0.1) is 0 Å². The number of esters is 1. The van der Waals surface area contributed by atoms with Gasteiger partial charge in [0.2, 0.25) is 0 Å². The van der Waals surface area contributed by atoms with Crippen molar-refractivity contribution in [3.8, 4) is 0 Å². The number of amides is 1. The van der Waals surface area contributed by atoms with Gasteiger partial charge in [-0.05, 0) is 19.1 Å². The number of carbonyl (C=O) groups excluding carboxylic acids is 2. The molecule has 86 valence electrons. The summed E-state index contributed by atoms with van der Waals surface area (Å²) in [5.74, 6) is -1.47. The van der Waals surface area contributed by atoms with Crippen molar-refractivity contribution < 1.29 is 14.3 Å². The Morgan fingerprint density at radius 2 is 2.00 bits per heavy atom. The molecular weight excluding hydrogens is 253 g/mol. The van der Waals surface area contributed by atoms with Crippen molar-refractivity contribution in [2.24, 2.45) is 5.73 Å². The minimum absolute atomic E-state index is 0.0887. The summed E-state index contributed by atoms with van der Waals surface area (Å²) in [6, 6.07) is 4.54. The van der Waals surface area contributed by atoms with Crippen LogP contribution in [0.3, 0.4) is 0 Å². The monoisotopic (exact) mass is 261 g/mol. The minimum Gasteiger partial charge on any atom is -0.449 e. The predicted octanol–water partition coefficient (Wildman–Crippen LogP) is 2.02. The number of ether oxygens (including phenoxy) is 1. The SMILES string of the molecule is C[C@@H](OC(=O)c1cccc(Cl)c1Cl)C(N)=O. The highest BCUT2D eigenvalue weighted by Crippen LogP contribution is 2.26. The molecule has 2 N–H and O–H groups in total. The Bertz CT molecular complexity index is 434. The summed E-state index contributed by atoms with van der Waals surface area (Å²) in [5, 5.41) is 0.327. The number of carbonyl (C=O) groups is 2. The van der Waals surface area contributed by atoms with Crippen molar-refractivity contribution in [2.75, 3.05) is 0 Å². The van der Waals surface area contributed by atoms with Crippen LogP contribution in [-0.2, 0) is 9.53 Å². The summed E-state index contributed by atoms with van der Waals surface area (Å²) in [7, 11) is 0. The molecule has 1 amide bonds. The summed E-state index contributed by atoms with van der Waals surface area (Å²) < 4.78 is 4.78. The fourth-order valence-electron chi connectivity index (χ4n) is 0.944. The van der Waals surface area contributed by atoms with Gasteiger partial charge in [0, 0.05) is 0 Å². The van der Waals surface area contributed by atoms with E-state index in [4.69, 9.17) is 33.7 Å². The van der Waals surface area contributed by atoms with Crippen LogP contribution in [0.15, 0.2) is 18.2 Å². The maximum atomic E-state index is 11.6. The maximum absolute atomic E-state index is 11.6. The Hall–Kier alpha value is -1.26. The van der Waals surface area contributed by atoms with Gasteiger partial charge in [-0.2, -0.15) is 0 Å². The van der Waals surface area contributed by atoms with Crippen LogP contribution < -0.4 is 5.73 Å². The molecular formula is C10H9Cl2NO3. The second kappa shape index (κ2) is 5.18. The van der Waals surface area contributed by atoms with Crippen LogP contribution in [0.2, 0.25) is 10.0 Å². The number of primary amides is 1. The standard InChI is InChI=1S/C10H9Cl2NO3/c1-5(9(13)14)16-10(15)6-3-2-4-7(11)8(6)12/h2-5H,1H3,(H2,13,14)/t5-/m1/s1. The van der Waals surface area contributed by atoms with Gasteiger partial charge >= 0.3 is 5.97 Å². The molecule has 0 unspecified atom stereocenters. The van der Waals surface area contributed by atoms with Crippen molar-refractivity contribution >= 4 is 35.1 Å². The third-order valence-electron chi connectivity index (χ3n) is 1.86. The molecule has 0 radical (unpaired) electrons. The number of benzene rings is 1. The highest BCUT2D eigenvalue weighted by Gasteiger charge is 2.19. The molecule has 0 bridgehead atoms. The first-order chi connectivity index (χ1) is 7.43. The summed E-state index contributed by atoms with van der Waals surface area (Å²) in [6.07, 6.45) is -1.01. The molecule has 1 rings (SSSR count). The van der Waals surface area contributed by atoms with Crippen LogP contribution in [0.4, 0.5) is 0 Å². The molecule has 1 aromatic rings. The lowest BCUT2D eigenvalue weighted by Crippen LogP contribution is -2.30. The molecule has 4 nitrogen and oxygen atoms in total. The minimum atomic E-state index is -1.01. The van der Waals surface area contributed by atoms with E-state index in [1.165, 1.54) is 19.1 Å². The zero-order valence-corrected chi connectivity index (χ0v) is 9.88. The first-order valence-electron chi connectivity index (χ1n) is 4.37. The number of nitrogens with two attached hydrogens (primary N) is 1. The van der Waals surface area contributed by atoms with Gasteiger partial charge in [0.15, 0.2) is 6.10 Å². The molecule has 0 aliphatic carbocycles. The number of hydrogen-bond donors (Lipinski definition) is 1. The molecule has 0 saturated heterocycles. The normalized spacial score (nSPS) is 11.9. The van der Waals surface area contributed by atoms with E-state index < -0.39 is 18.0 Å². The Balaban J connectivity index is 2.89. The summed E-state index contributed by atoms with van der Waals surface area (Å²) in [4.78, 5) is 22.3. The maximum Gasteiger partial charge on any atom is 0.340 e. The number of halogens is 2. The van der Waals surface area contributed by atoms with E-state index in [1.807, 2.05) is 0 Å². The lowest BCUT2D eigenvalue weighted by molar-refractivity contribution is -0.125. The highest BCUT2D eigenvalue weighted by molar-refractivity contribution is 6.43. The van der Waals surface area contributed by atoms with Crippen LogP contribution in [0.1, 0.15) is 17.3 Å². The van der Waals surface area contributed by atoms with Gasteiger partial charge in [-0.25, -0.2) is 4.79 Å². The fraction of sp³-hybridized carbons (Fsp3) is 0.200. The third kappa shape index (κ3) is 2.87. The van der Waals surface area contributed by atoms with Crippen LogP contribution in [0.5, 0.6) is 0 Å². The first kappa shape index (κ1) is 12.8. The molecule has 0 aliphatic rings. The Morgan fingerprint density at radius 1 is 1.38 bits per heavy atom. The Morgan fingerprint density at radius 3 is 2.56 bits per heavy atom. The van der Waals surface area contributed by atoms with Crippen LogP contribution in [-0.4, -0.2) is 18.0 Å². The zero-order valence-electron chi connectivity index (χ0n) is 8.37. The molecule has 0 heterocycles. The van der Waals surface area contributed by atoms with Crippen LogP contribution >= 0.6 is 23.2 Å². The van der Waals surface area contributed by atoms with Crippen molar-refractivity contribution in [2.45, 2.75) is 13.0 Å². The van der Waals surface area contributed by atoms with Crippen molar-refractivity contribution in [3.05, 3.63) is 33.8 Å². The number of hydrogen-bond acceptors (Lipinski definition) is 3. The van der Waals surface area contributed by atoms with Crippen molar-refractivity contribution in [1.29, 1.82) is 0 Å². The quantitative estimate of drug-likeness (QED) is 0.847. The zero-order chi connectivity index (χ0) is 12.3. The molecule has 0 fully saturated rings. The highest BCUT2D eigenvalue weighted by atomic mass is 35.5. The van der Waals surface area contributed by atoms with E-state index in [-0.39, 0.29) is 15.6 Å². The van der Waals surface area contributed by atoms with E-state index in [1.54, 1.807) is 6.07 Å². The molecule has 0 spiro atoms. The second-order valence-corrected chi connectivity index (χ2v) is 3.84. The van der Waals surface area contributed by atoms with E-state index in [9.17, 15) is 9.59 Å². The largest absolute Gasteiger partial charge is 0.449 e. The van der Waals surface area contributed by atoms with Crippen molar-refractivity contribution in [3.63, 3.8) is 0 Å². The van der Waals surface area contributed by atoms with Gasteiger partial charge in [-0.15, -0.1) is 0 Å².